The van der Waals surface area contributed by atoms with E-state index in [1.807, 2.05) is 6.08 Å². The fourth-order valence-corrected chi connectivity index (χ4v) is 10.9. The van der Waals surface area contributed by atoms with Gasteiger partial charge in [0.25, 0.3) is 0 Å². The van der Waals surface area contributed by atoms with Crippen LogP contribution in [-0.4, -0.2) is 137 Å². The molecule has 49 heavy (non-hydrogen) atoms. The van der Waals surface area contributed by atoms with Gasteiger partial charge in [0.05, 0.1) is 30.3 Å². The summed E-state index contributed by atoms with van der Waals surface area (Å²) >= 11 is 0. The Kier molecular flexibility index (Phi) is 9.66. The summed E-state index contributed by atoms with van der Waals surface area (Å²) in [6.45, 7) is 1.75. The Hall–Kier alpha value is -1.82. The average Bonchev–Trinajstić information content (AvgIpc) is 3.67. The smallest absolute Gasteiger partial charge is 0.331 e. The molecule has 7 aliphatic rings. The van der Waals surface area contributed by atoms with Crippen LogP contribution in [0.5, 0.6) is 0 Å². The van der Waals surface area contributed by atoms with Crippen LogP contribution in [0.2, 0.25) is 0 Å². The Labute approximate surface area is 284 Å². The fourth-order valence-electron chi connectivity index (χ4n) is 10.9. The zero-order valence-electron chi connectivity index (χ0n) is 28.0. The molecule has 14 heteroatoms. The first kappa shape index (κ1) is 35.6. The highest BCUT2D eigenvalue weighted by atomic mass is 16.7. The third-order valence-electron chi connectivity index (χ3n) is 13.4. The third kappa shape index (κ3) is 5.49. The van der Waals surface area contributed by atoms with Crippen LogP contribution in [-0.2, 0) is 38.0 Å². The van der Waals surface area contributed by atoms with Crippen molar-refractivity contribution in [3.63, 3.8) is 0 Å². The highest BCUT2D eigenvalue weighted by Crippen LogP contribution is 2.70. The molecule has 2 saturated heterocycles. The second kappa shape index (κ2) is 13.3. The highest BCUT2D eigenvalue weighted by Gasteiger charge is 2.69. The van der Waals surface area contributed by atoms with Crippen LogP contribution in [0.4, 0.5) is 0 Å². The van der Waals surface area contributed by atoms with Crippen molar-refractivity contribution in [1.82, 2.24) is 0 Å². The first-order chi connectivity index (χ1) is 23.4. The number of fused-ring (bicyclic) bond motifs is 5. The summed E-state index contributed by atoms with van der Waals surface area (Å²) in [5.41, 5.74) is 0.806. The van der Waals surface area contributed by atoms with E-state index in [1.165, 1.54) is 0 Å². The summed E-state index contributed by atoms with van der Waals surface area (Å²) in [7, 11) is 1.79. The van der Waals surface area contributed by atoms with E-state index in [4.69, 9.17) is 28.4 Å². The minimum atomic E-state index is -1.67. The van der Waals surface area contributed by atoms with Gasteiger partial charge < -0.3 is 63.9 Å². The standard InChI is InChI=1S/C35H50O14/c1-33-8-6-21-22(35(33,44-2)10-7-20(33)17-11-25(38)45-14-17)4-3-18-12-19(5-9-34(18,21)16-37)47-31-29(42)27(40)24(15-46-31)49-32-30(43)28(41)26(39)23(13-36)48-32/h11-12,16,19-24,26-32,36,39-43H,3-10,13-15H2,1-2H3. The number of aliphatic hydroxyl groups excluding tert-OH is 6. The van der Waals surface area contributed by atoms with Gasteiger partial charge in [-0.1, -0.05) is 18.6 Å². The lowest BCUT2D eigenvalue weighted by molar-refractivity contribution is -0.345. The van der Waals surface area contributed by atoms with Gasteiger partial charge in [0.2, 0.25) is 0 Å². The van der Waals surface area contributed by atoms with Gasteiger partial charge in [-0.05, 0) is 74.7 Å². The Morgan fingerprint density at radius 2 is 1.69 bits per heavy atom. The molecular formula is C35H50O14. The molecule has 0 aromatic rings. The SMILES string of the molecule is COC12CCC(C3=CC(=O)OC3)C1(C)CCC1C2CCC2=CC(OC3OCC(OC4OC(CO)C(O)C(O)C4O)C(O)C3O)CCC21C=O. The molecule has 0 aromatic heterocycles. The molecule has 6 N–H and O–H groups in total. The number of methoxy groups -OCH3 is 1. The molecule has 14 nitrogen and oxygen atoms in total. The van der Waals surface area contributed by atoms with Gasteiger partial charge in [0.1, 0.15) is 55.6 Å². The zero-order chi connectivity index (χ0) is 34.9. The number of cyclic esters (lactones) is 1. The van der Waals surface area contributed by atoms with Crippen molar-refractivity contribution in [2.75, 3.05) is 26.9 Å². The number of carbonyl (C=O) groups excluding carboxylic acids is 2. The molecule has 0 bridgehead atoms. The highest BCUT2D eigenvalue weighted by molar-refractivity contribution is 5.85. The molecule has 0 aromatic carbocycles. The lowest BCUT2D eigenvalue weighted by Gasteiger charge is -2.62. The molecule has 5 fully saturated rings. The normalized spacial score (nSPS) is 51.2. The van der Waals surface area contributed by atoms with Gasteiger partial charge >= 0.3 is 5.97 Å². The summed E-state index contributed by atoms with van der Waals surface area (Å²) < 4.78 is 34.8. The van der Waals surface area contributed by atoms with Crippen LogP contribution in [0.25, 0.3) is 0 Å². The quantitative estimate of drug-likeness (QED) is 0.109. The summed E-state index contributed by atoms with van der Waals surface area (Å²) in [6, 6.07) is 0. The van der Waals surface area contributed by atoms with Gasteiger partial charge in [0, 0.05) is 18.6 Å². The maximum absolute atomic E-state index is 13.2. The maximum atomic E-state index is 13.2. The van der Waals surface area contributed by atoms with E-state index in [1.54, 1.807) is 13.2 Å². The number of aldehydes is 1. The Balaban J connectivity index is 1.02. The van der Waals surface area contributed by atoms with Crippen molar-refractivity contribution in [2.24, 2.45) is 28.6 Å². The van der Waals surface area contributed by atoms with E-state index in [0.29, 0.717) is 25.9 Å². The minimum Gasteiger partial charge on any atom is -0.458 e. The van der Waals surface area contributed by atoms with E-state index in [0.717, 1.165) is 49.5 Å². The van der Waals surface area contributed by atoms with E-state index < -0.39 is 79.0 Å². The Morgan fingerprint density at radius 1 is 0.918 bits per heavy atom. The third-order valence-corrected chi connectivity index (χ3v) is 13.4. The molecule has 274 valence electrons. The Bertz CT molecular complexity index is 1330. The predicted molar refractivity (Wildman–Crippen MR) is 166 cm³/mol. The van der Waals surface area contributed by atoms with E-state index in [2.05, 4.69) is 6.92 Å². The van der Waals surface area contributed by atoms with Crippen molar-refractivity contribution in [1.29, 1.82) is 0 Å². The molecule has 0 amide bonds. The lowest BCUT2D eigenvalue weighted by Crippen LogP contribution is -2.63. The first-order valence-electron chi connectivity index (χ1n) is 17.6. The van der Waals surface area contributed by atoms with Crippen molar-refractivity contribution < 1.29 is 68.6 Å². The number of esters is 1. The largest absolute Gasteiger partial charge is 0.458 e. The van der Waals surface area contributed by atoms with Crippen molar-refractivity contribution >= 4 is 12.3 Å². The molecule has 16 atom stereocenters. The van der Waals surface area contributed by atoms with Crippen LogP contribution in [0.15, 0.2) is 23.3 Å². The number of hydrogen-bond acceptors (Lipinski definition) is 14. The van der Waals surface area contributed by atoms with Crippen molar-refractivity contribution in [3.05, 3.63) is 23.3 Å². The van der Waals surface area contributed by atoms with Gasteiger partial charge in [0.15, 0.2) is 12.6 Å². The number of carbonyl (C=O) groups is 2. The van der Waals surface area contributed by atoms with E-state index in [-0.39, 0.29) is 35.7 Å². The van der Waals surface area contributed by atoms with Crippen molar-refractivity contribution in [2.45, 2.75) is 125 Å². The minimum absolute atomic E-state index is 0.0897. The van der Waals surface area contributed by atoms with Crippen LogP contribution in [0, 0.1) is 28.6 Å². The number of rotatable bonds is 8. The number of hydrogen-bond donors (Lipinski definition) is 6. The molecule has 7 rings (SSSR count). The van der Waals surface area contributed by atoms with Gasteiger partial charge in [-0.2, -0.15) is 0 Å². The topological polar surface area (TPSA) is 211 Å². The molecule has 3 saturated carbocycles. The van der Waals surface area contributed by atoms with E-state index in [9.17, 15) is 40.2 Å². The van der Waals surface area contributed by atoms with Gasteiger partial charge in [-0.25, -0.2) is 4.79 Å². The van der Waals surface area contributed by atoms with Gasteiger partial charge in [-0.3, -0.25) is 0 Å². The predicted octanol–water partition coefficient (Wildman–Crippen LogP) is -0.355. The van der Waals surface area contributed by atoms with Crippen molar-refractivity contribution in [3.8, 4) is 0 Å². The van der Waals surface area contributed by atoms with Crippen LogP contribution < -0.4 is 0 Å². The summed E-state index contributed by atoms with van der Waals surface area (Å²) in [4.78, 5) is 25.1. The second-order valence-electron chi connectivity index (χ2n) is 15.3. The molecule has 3 aliphatic heterocycles. The fraction of sp³-hybridized carbons (Fsp3) is 0.829. The number of aliphatic hydroxyl groups is 6. The summed E-state index contributed by atoms with van der Waals surface area (Å²) in [5, 5.41) is 61.7. The Morgan fingerprint density at radius 3 is 2.39 bits per heavy atom. The lowest BCUT2D eigenvalue weighted by atomic mass is 9.44. The molecular weight excluding hydrogens is 644 g/mol. The first-order valence-corrected chi connectivity index (χ1v) is 17.6. The molecule has 3 heterocycles. The van der Waals surface area contributed by atoms with Crippen LogP contribution in [0.3, 0.4) is 0 Å². The molecule has 0 spiro atoms. The van der Waals surface area contributed by atoms with Gasteiger partial charge in [-0.15, -0.1) is 0 Å². The van der Waals surface area contributed by atoms with E-state index >= 15 is 0 Å². The number of ether oxygens (including phenoxy) is 6. The molecule has 16 unspecified atom stereocenters. The summed E-state index contributed by atoms with van der Waals surface area (Å²) in [5.74, 6) is 0.161. The summed E-state index contributed by atoms with van der Waals surface area (Å²) in [6.07, 6.45) is -2.56. The monoisotopic (exact) mass is 694 g/mol. The average molecular weight is 695 g/mol. The molecule has 0 radical (unpaired) electrons. The maximum Gasteiger partial charge on any atom is 0.331 e. The van der Waals surface area contributed by atoms with Crippen LogP contribution in [0.1, 0.15) is 58.3 Å². The molecule has 4 aliphatic carbocycles. The zero-order valence-corrected chi connectivity index (χ0v) is 28.0. The number of allylic oxidation sites excluding steroid dienone is 1. The second-order valence-corrected chi connectivity index (χ2v) is 15.3. The van der Waals surface area contributed by atoms with Crippen LogP contribution >= 0.6 is 0 Å².